The second-order valence-corrected chi connectivity index (χ2v) is 7.55. The van der Waals surface area contributed by atoms with E-state index in [1.54, 1.807) is 6.92 Å². The molecule has 2 aromatic carbocycles. The molecule has 3 aromatic rings. The first-order chi connectivity index (χ1) is 14.4. The van der Waals surface area contributed by atoms with Gasteiger partial charge in [0, 0.05) is 6.07 Å². The average Bonchev–Trinajstić information content (AvgIpc) is 3.12. The van der Waals surface area contributed by atoms with Gasteiger partial charge in [-0.25, -0.2) is 18.2 Å². The highest BCUT2D eigenvalue weighted by Gasteiger charge is 2.37. The highest BCUT2D eigenvalue weighted by atomic mass is 32.1. The molecule has 30 heavy (non-hydrogen) atoms. The number of halogens is 3. The van der Waals surface area contributed by atoms with Crippen LogP contribution in [-0.2, 0) is 20.9 Å². The van der Waals surface area contributed by atoms with E-state index >= 15 is 0 Å². The molecule has 0 bridgehead atoms. The Labute approximate surface area is 172 Å². The number of thiazole rings is 1. The molecule has 2 heterocycles. The van der Waals surface area contributed by atoms with Gasteiger partial charge in [0.25, 0.3) is 5.91 Å². The zero-order valence-electron chi connectivity index (χ0n) is 15.7. The molecule has 0 saturated heterocycles. The molecular weight excluding hydrogens is 421 g/mol. The minimum Gasteiger partial charge on any atom is -0.478 e. The Morgan fingerprint density at radius 2 is 2.07 bits per heavy atom. The lowest BCUT2D eigenvalue weighted by Gasteiger charge is -2.33. The minimum absolute atomic E-state index is 0.0215. The maximum absolute atomic E-state index is 14.0. The molecule has 0 N–H and O–H groups in total. The number of hydrogen-bond donors (Lipinski definition) is 0. The molecule has 0 aliphatic carbocycles. The summed E-state index contributed by atoms with van der Waals surface area (Å²) in [5, 5.41) is 0.315. The van der Waals surface area contributed by atoms with E-state index in [-0.39, 0.29) is 41.2 Å². The fourth-order valence-corrected chi connectivity index (χ4v) is 4.12. The second kappa shape index (κ2) is 7.94. The van der Waals surface area contributed by atoms with Gasteiger partial charge in [-0.1, -0.05) is 0 Å². The molecule has 0 saturated carbocycles. The van der Waals surface area contributed by atoms with Crippen LogP contribution in [0.3, 0.4) is 0 Å². The molecule has 1 amide bonds. The van der Waals surface area contributed by atoms with Crippen LogP contribution in [0.2, 0.25) is 0 Å². The molecule has 1 atom stereocenters. The normalized spacial score (nSPS) is 15.8. The van der Waals surface area contributed by atoms with Crippen molar-refractivity contribution in [2.24, 2.45) is 0 Å². The zero-order valence-corrected chi connectivity index (χ0v) is 16.5. The van der Waals surface area contributed by atoms with Crippen molar-refractivity contribution in [2.45, 2.75) is 26.0 Å². The number of rotatable bonds is 5. The van der Waals surface area contributed by atoms with E-state index in [2.05, 4.69) is 4.98 Å². The summed E-state index contributed by atoms with van der Waals surface area (Å²) >= 11 is 0.890. The maximum Gasteiger partial charge on any atom is 0.310 e. The Hall–Kier alpha value is -3.14. The maximum atomic E-state index is 14.0. The van der Waals surface area contributed by atoms with Crippen molar-refractivity contribution < 1.29 is 32.2 Å². The van der Waals surface area contributed by atoms with E-state index in [4.69, 9.17) is 9.47 Å². The number of amides is 1. The van der Waals surface area contributed by atoms with Crippen LogP contribution in [0, 0.1) is 17.5 Å². The van der Waals surface area contributed by atoms with Gasteiger partial charge in [-0.3, -0.25) is 14.5 Å². The third kappa shape index (κ3) is 3.70. The topological polar surface area (TPSA) is 68.7 Å². The van der Waals surface area contributed by atoms with Gasteiger partial charge < -0.3 is 9.47 Å². The number of esters is 1. The standard InChI is InChI=1S/C20H15F3N2O4S/c1-2-28-17(26)8-15-20(27)25(13-7-10(21)3-6-14(13)29-15)9-16-24-12-5-4-11(22)18(23)19(12)30-16/h3-7,15H,2,8-9H2,1H3. The van der Waals surface area contributed by atoms with Gasteiger partial charge in [0.2, 0.25) is 0 Å². The number of benzene rings is 2. The molecule has 0 fully saturated rings. The molecule has 6 nitrogen and oxygen atoms in total. The lowest BCUT2D eigenvalue weighted by Crippen LogP contribution is -2.46. The highest BCUT2D eigenvalue weighted by molar-refractivity contribution is 7.18. The van der Waals surface area contributed by atoms with Crippen molar-refractivity contribution in [3.05, 3.63) is 52.8 Å². The van der Waals surface area contributed by atoms with E-state index in [0.29, 0.717) is 5.01 Å². The van der Waals surface area contributed by atoms with Crippen LogP contribution >= 0.6 is 11.3 Å². The summed E-state index contributed by atoms with van der Waals surface area (Å²) in [5.74, 6) is -3.59. The summed E-state index contributed by atoms with van der Waals surface area (Å²) in [6, 6.07) is 5.97. The summed E-state index contributed by atoms with van der Waals surface area (Å²) in [4.78, 5) is 30.3. The molecule has 10 heteroatoms. The summed E-state index contributed by atoms with van der Waals surface area (Å²) in [5.41, 5.74) is 0.406. The number of ether oxygens (including phenoxy) is 2. The predicted molar refractivity (Wildman–Crippen MR) is 103 cm³/mol. The van der Waals surface area contributed by atoms with Gasteiger partial charge in [0.15, 0.2) is 17.7 Å². The van der Waals surface area contributed by atoms with Gasteiger partial charge in [0.05, 0.1) is 35.5 Å². The first-order valence-electron chi connectivity index (χ1n) is 9.04. The summed E-state index contributed by atoms with van der Waals surface area (Å²) < 4.78 is 51.9. The van der Waals surface area contributed by atoms with Crippen molar-refractivity contribution in [1.82, 2.24) is 4.98 Å². The fraction of sp³-hybridized carbons (Fsp3) is 0.250. The van der Waals surface area contributed by atoms with Gasteiger partial charge in [0.1, 0.15) is 16.6 Å². The van der Waals surface area contributed by atoms with Crippen molar-refractivity contribution in [3.8, 4) is 5.75 Å². The summed E-state index contributed by atoms with van der Waals surface area (Å²) in [6.45, 7) is 1.67. The Morgan fingerprint density at radius 3 is 2.83 bits per heavy atom. The minimum atomic E-state index is -1.16. The van der Waals surface area contributed by atoms with Crippen molar-refractivity contribution in [2.75, 3.05) is 11.5 Å². The molecule has 156 valence electrons. The van der Waals surface area contributed by atoms with Crippen LogP contribution in [0.1, 0.15) is 18.4 Å². The molecule has 1 aliphatic rings. The highest BCUT2D eigenvalue weighted by Crippen LogP contribution is 2.37. The number of hydrogen-bond acceptors (Lipinski definition) is 6. The smallest absolute Gasteiger partial charge is 0.310 e. The Balaban J connectivity index is 1.69. The SMILES string of the molecule is CCOC(=O)CC1Oc2ccc(F)cc2N(Cc2nc3ccc(F)c(F)c3s2)C1=O. The van der Waals surface area contributed by atoms with E-state index in [9.17, 15) is 22.8 Å². The van der Waals surface area contributed by atoms with Crippen molar-refractivity contribution in [1.29, 1.82) is 0 Å². The van der Waals surface area contributed by atoms with Crippen LogP contribution in [-0.4, -0.2) is 29.6 Å². The summed E-state index contributed by atoms with van der Waals surface area (Å²) in [7, 11) is 0. The largest absolute Gasteiger partial charge is 0.478 e. The molecule has 0 spiro atoms. The molecule has 1 aromatic heterocycles. The number of anilines is 1. The quantitative estimate of drug-likeness (QED) is 0.567. The second-order valence-electron chi connectivity index (χ2n) is 6.47. The number of carbonyl (C=O) groups is 2. The summed E-state index contributed by atoms with van der Waals surface area (Å²) in [6.07, 6.45) is -1.48. The zero-order chi connectivity index (χ0) is 21.4. The Morgan fingerprint density at radius 1 is 1.27 bits per heavy atom. The number of fused-ring (bicyclic) bond motifs is 2. The van der Waals surface area contributed by atoms with Crippen LogP contribution < -0.4 is 9.64 Å². The third-order valence-electron chi connectivity index (χ3n) is 4.47. The lowest BCUT2D eigenvalue weighted by molar-refractivity contribution is -0.147. The first kappa shape index (κ1) is 20.1. The Kier molecular flexibility index (Phi) is 5.33. The van der Waals surface area contributed by atoms with Gasteiger partial charge >= 0.3 is 5.97 Å². The molecule has 1 aliphatic heterocycles. The predicted octanol–water partition coefficient (Wildman–Crippen LogP) is 3.96. The molecule has 0 radical (unpaired) electrons. The number of carbonyl (C=O) groups excluding carboxylic acids is 2. The van der Waals surface area contributed by atoms with E-state index in [1.165, 1.54) is 23.1 Å². The monoisotopic (exact) mass is 436 g/mol. The first-order valence-corrected chi connectivity index (χ1v) is 9.85. The fourth-order valence-electron chi connectivity index (χ4n) is 3.15. The number of nitrogens with zero attached hydrogens (tertiary/aromatic N) is 2. The van der Waals surface area contributed by atoms with Crippen molar-refractivity contribution in [3.63, 3.8) is 0 Å². The molecule has 4 rings (SSSR count). The van der Waals surface area contributed by atoms with Gasteiger partial charge in [-0.05, 0) is 31.2 Å². The molecular formula is C20H15F3N2O4S. The number of aromatic nitrogens is 1. The third-order valence-corrected chi connectivity index (χ3v) is 5.52. The Bertz CT molecular complexity index is 1150. The van der Waals surface area contributed by atoms with Crippen LogP contribution in [0.15, 0.2) is 30.3 Å². The lowest BCUT2D eigenvalue weighted by atomic mass is 10.1. The van der Waals surface area contributed by atoms with Gasteiger partial charge in [-0.15, -0.1) is 11.3 Å². The van der Waals surface area contributed by atoms with Gasteiger partial charge in [-0.2, -0.15) is 0 Å². The van der Waals surface area contributed by atoms with E-state index in [0.717, 1.165) is 23.5 Å². The van der Waals surface area contributed by atoms with Crippen LogP contribution in [0.25, 0.3) is 10.2 Å². The van der Waals surface area contributed by atoms with Crippen molar-refractivity contribution >= 4 is 39.1 Å². The van der Waals surface area contributed by atoms with Crippen LogP contribution in [0.4, 0.5) is 18.9 Å². The molecule has 1 unspecified atom stereocenters. The average molecular weight is 436 g/mol. The van der Waals surface area contributed by atoms with E-state index in [1.807, 2.05) is 0 Å². The van der Waals surface area contributed by atoms with Crippen LogP contribution in [0.5, 0.6) is 5.75 Å². The van der Waals surface area contributed by atoms with E-state index < -0.39 is 35.4 Å².